The first-order valence-corrected chi connectivity index (χ1v) is 6.97. The largest absolute Gasteiger partial charge is 0.313 e. The van der Waals surface area contributed by atoms with Gasteiger partial charge in [-0.2, -0.15) is 0 Å². The third kappa shape index (κ3) is 2.94. The molecule has 0 bridgehead atoms. The molecular weight excluding hydrogens is 262 g/mol. The van der Waals surface area contributed by atoms with Crippen molar-refractivity contribution in [3.8, 4) is 0 Å². The summed E-state index contributed by atoms with van der Waals surface area (Å²) in [5.41, 5.74) is 2.89. The molecule has 1 aromatic heterocycles. The normalized spacial score (nSPS) is 14.0. The number of allylic oxidation sites excluding steroid dienone is 5. The van der Waals surface area contributed by atoms with Crippen molar-refractivity contribution in [3.63, 3.8) is 0 Å². The Balaban J connectivity index is 1.76. The molecule has 4 heteroatoms. The fourth-order valence-corrected chi connectivity index (χ4v) is 2.35. The van der Waals surface area contributed by atoms with Crippen molar-refractivity contribution in [2.75, 3.05) is 5.32 Å². The summed E-state index contributed by atoms with van der Waals surface area (Å²) in [5, 5.41) is 2.88. The Hall–Kier alpha value is -2.62. The third-order valence-corrected chi connectivity index (χ3v) is 3.45. The zero-order valence-corrected chi connectivity index (χ0v) is 11.9. The van der Waals surface area contributed by atoms with Crippen LogP contribution < -0.4 is 5.32 Å². The Labute approximate surface area is 123 Å². The molecule has 1 aliphatic carbocycles. The maximum atomic E-state index is 12.2. The van der Waals surface area contributed by atoms with E-state index in [1.54, 1.807) is 0 Å². The second kappa shape index (κ2) is 5.79. The smallest absolute Gasteiger partial charge is 0.231 e. The topological polar surface area (TPSA) is 46.9 Å². The number of nitrogens with one attached hydrogen (secondary N) is 1. The quantitative estimate of drug-likeness (QED) is 0.936. The number of amides is 1. The zero-order chi connectivity index (χ0) is 14.7. The van der Waals surface area contributed by atoms with Crippen LogP contribution in [-0.4, -0.2) is 15.5 Å². The van der Waals surface area contributed by atoms with E-state index in [9.17, 15) is 4.79 Å². The monoisotopic (exact) mass is 279 g/mol. The van der Waals surface area contributed by atoms with Crippen LogP contribution >= 0.6 is 0 Å². The van der Waals surface area contributed by atoms with E-state index in [1.807, 2.05) is 54.1 Å². The number of para-hydroxylation sites is 2. The van der Waals surface area contributed by atoms with Crippen LogP contribution in [-0.2, 0) is 11.8 Å². The van der Waals surface area contributed by atoms with Gasteiger partial charge in [-0.15, -0.1) is 0 Å². The minimum absolute atomic E-state index is 0.0559. The highest BCUT2D eigenvalue weighted by molar-refractivity contribution is 5.93. The number of nitrogens with zero attached hydrogens (tertiary/aromatic N) is 2. The van der Waals surface area contributed by atoms with Crippen LogP contribution in [0.25, 0.3) is 11.0 Å². The zero-order valence-electron chi connectivity index (χ0n) is 11.9. The molecule has 1 amide bonds. The predicted molar refractivity (Wildman–Crippen MR) is 84.9 cm³/mol. The van der Waals surface area contributed by atoms with Gasteiger partial charge in [-0.1, -0.05) is 42.5 Å². The molecule has 4 nitrogen and oxygen atoms in total. The molecule has 21 heavy (non-hydrogen) atoms. The van der Waals surface area contributed by atoms with Crippen LogP contribution in [0.1, 0.15) is 12.8 Å². The van der Waals surface area contributed by atoms with Gasteiger partial charge < -0.3 is 4.57 Å². The summed E-state index contributed by atoms with van der Waals surface area (Å²) in [6.45, 7) is 0. The molecule has 0 saturated heterocycles. The number of anilines is 1. The number of rotatable bonds is 3. The van der Waals surface area contributed by atoms with E-state index in [2.05, 4.69) is 22.5 Å². The van der Waals surface area contributed by atoms with Gasteiger partial charge in [-0.05, 0) is 24.1 Å². The molecule has 1 aromatic carbocycles. The Kier molecular flexibility index (Phi) is 3.69. The number of carbonyl (C=O) groups excluding carboxylic acids is 1. The van der Waals surface area contributed by atoms with Gasteiger partial charge in [-0.3, -0.25) is 10.1 Å². The Morgan fingerprint density at radius 3 is 3.05 bits per heavy atom. The number of aryl methyl sites for hydroxylation is 1. The van der Waals surface area contributed by atoms with Gasteiger partial charge in [-0.25, -0.2) is 4.98 Å². The first kappa shape index (κ1) is 13.4. The number of carbonyl (C=O) groups is 1. The fraction of sp³-hybridized carbons (Fsp3) is 0.176. The summed E-state index contributed by atoms with van der Waals surface area (Å²) in [6.07, 6.45) is 11.3. The molecule has 106 valence electrons. The second-order valence-electron chi connectivity index (χ2n) is 5.02. The van der Waals surface area contributed by atoms with Crippen LogP contribution in [0.3, 0.4) is 0 Å². The molecule has 0 fully saturated rings. The number of hydrogen-bond acceptors (Lipinski definition) is 2. The van der Waals surface area contributed by atoms with Crippen LogP contribution in [0.5, 0.6) is 0 Å². The number of benzene rings is 1. The lowest BCUT2D eigenvalue weighted by Gasteiger charge is -2.05. The minimum Gasteiger partial charge on any atom is -0.313 e. The van der Waals surface area contributed by atoms with E-state index in [0.717, 1.165) is 23.0 Å². The van der Waals surface area contributed by atoms with E-state index in [1.165, 1.54) is 0 Å². The van der Waals surface area contributed by atoms with Crippen molar-refractivity contribution in [2.24, 2.45) is 7.05 Å². The summed E-state index contributed by atoms with van der Waals surface area (Å²) in [6, 6.07) is 7.82. The van der Waals surface area contributed by atoms with E-state index >= 15 is 0 Å². The summed E-state index contributed by atoms with van der Waals surface area (Å²) >= 11 is 0. The molecule has 1 N–H and O–H groups in total. The van der Waals surface area contributed by atoms with Gasteiger partial charge in [0, 0.05) is 7.05 Å². The van der Waals surface area contributed by atoms with E-state index in [4.69, 9.17) is 0 Å². The summed E-state index contributed by atoms with van der Waals surface area (Å²) in [4.78, 5) is 16.6. The molecular formula is C17H17N3O. The highest BCUT2D eigenvalue weighted by atomic mass is 16.1. The van der Waals surface area contributed by atoms with Gasteiger partial charge in [0.2, 0.25) is 11.9 Å². The molecule has 0 radical (unpaired) electrons. The van der Waals surface area contributed by atoms with Crippen LogP contribution in [0.2, 0.25) is 0 Å². The van der Waals surface area contributed by atoms with Crippen LogP contribution in [0.4, 0.5) is 5.95 Å². The first-order valence-electron chi connectivity index (χ1n) is 6.97. The molecule has 3 rings (SSSR count). The number of hydrogen-bond donors (Lipinski definition) is 1. The number of imidazole rings is 1. The Morgan fingerprint density at radius 1 is 1.33 bits per heavy atom. The van der Waals surface area contributed by atoms with E-state index in [0.29, 0.717) is 12.4 Å². The van der Waals surface area contributed by atoms with Crippen molar-refractivity contribution in [2.45, 2.75) is 12.8 Å². The lowest BCUT2D eigenvalue weighted by atomic mass is 10.1. The first-order chi connectivity index (χ1) is 10.2. The van der Waals surface area contributed by atoms with Crippen LogP contribution in [0, 0.1) is 0 Å². The minimum atomic E-state index is -0.0559. The second-order valence-corrected chi connectivity index (χ2v) is 5.02. The van der Waals surface area contributed by atoms with Gasteiger partial charge in [0.15, 0.2) is 0 Å². The average molecular weight is 279 g/mol. The maximum Gasteiger partial charge on any atom is 0.231 e. The molecule has 0 spiro atoms. The van der Waals surface area contributed by atoms with Crippen molar-refractivity contribution in [3.05, 3.63) is 60.2 Å². The molecule has 1 heterocycles. The molecule has 0 aliphatic heterocycles. The fourth-order valence-electron chi connectivity index (χ4n) is 2.35. The van der Waals surface area contributed by atoms with Gasteiger partial charge >= 0.3 is 0 Å². The molecule has 0 unspecified atom stereocenters. The maximum absolute atomic E-state index is 12.2. The van der Waals surface area contributed by atoms with Crippen molar-refractivity contribution in [1.29, 1.82) is 0 Å². The number of aromatic nitrogens is 2. The summed E-state index contributed by atoms with van der Waals surface area (Å²) < 4.78 is 1.89. The van der Waals surface area contributed by atoms with Gasteiger partial charge in [0.1, 0.15) is 0 Å². The van der Waals surface area contributed by atoms with E-state index < -0.39 is 0 Å². The van der Waals surface area contributed by atoms with Gasteiger partial charge in [0.25, 0.3) is 0 Å². The average Bonchev–Trinajstić information content (AvgIpc) is 2.67. The predicted octanol–water partition coefficient (Wildman–Crippen LogP) is 3.34. The summed E-state index contributed by atoms with van der Waals surface area (Å²) in [5.74, 6) is 0.523. The molecule has 0 saturated carbocycles. The molecule has 1 aliphatic rings. The van der Waals surface area contributed by atoms with Crippen molar-refractivity contribution >= 4 is 22.9 Å². The molecule has 2 aromatic rings. The standard InChI is InChI=1S/C17H17N3O/c1-20-15-11-7-6-10-14(15)18-17(20)19-16(21)12-13-8-4-2-3-5-9-13/h2,4-11H,3,12H2,1H3,(H,18,19,21). The highest BCUT2D eigenvalue weighted by Gasteiger charge is 2.11. The van der Waals surface area contributed by atoms with Crippen LogP contribution in [0.15, 0.2) is 60.2 Å². The molecule has 0 atom stereocenters. The number of fused-ring (bicyclic) bond motifs is 1. The highest BCUT2D eigenvalue weighted by Crippen LogP contribution is 2.18. The SMILES string of the molecule is Cn1c(NC(=O)CC2=CC=CCC=C2)nc2ccccc21. The lowest BCUT2D eigenvalue weighted by molar-refractivity contribution is -0.115. The van der Waals surface area contributed by atoms with Crippen molar-refractivity contribution < 1.29 is 4.79 Å². The van der Waals surface area contributed by atoms with E-state index in [-0.39, 0.29) is 5.91 Å². The van der Waals surface area contributed by atoms with Gasteiger partial charge in [0.05, 0.1) is 17.5 Å². The van der Waals surface area contributed by atoms with Crippen molar-refractivity contribution in [1.82, 2.24) is 9.55 Å². The lowest BCUT2D eigenvalue weighted by Crippen LogP contribution is -2.15. The summed E-state index contributed by atoms with van der Waals surface area (Å²) in [7, 11) is 1.90. The Morgan fingerprint density at radius 2 is 2.19 bits per heavy atom. The Bertz CT molecular complexity index is 765. The third-order valence-electron chi connectivity index (χ3n) is 3.45.